The van der Waals surface area contributed by atoms with E-state index in [1.165, 1.54) is 29.5 Å². The Morgan fingerprint density at radius 2 is 2.33 bits per heavy atom. The molecule has 4 nitrogen and oxygen atoms in total. The van der Waals surface area contributed by atoms with Crippen molar-refractivity contribution in [3.05, 3.63) is 51.7 Å². The molecule has 21 heavy (non-hydrogen) atoms. The second kappa shape index (κ2) is 5.64. The van der Waals surface area contributed by atoms with Crippen LogP contribution < -0.4 is 10.6 Å². The molecule has 1 aromatic carbocycles. The first-order valence-corrected chi connectivity index (χ1v) is 7.33. The van der Waals surface area contributed by atoms with Crippen molar-refractivity contribution in [1.29, 1.82) is 5.26 Å². The van der Waals surface area contributed by atoms with Crippen LogP contribution in [0.15, 0.2) is 24.3 Å². The summed E-state index contributed by atoms with van der Waals surface area (Å²) < 4.78 is 13.2. The predicted octanol–water partition coefficient (Wildman–Crippen LogP) is 2.66. The minimum absolute atomic E-state index is 0.239. The van der Waals surface area contributed by atoms with E-state index in [1.807, 2.05) is 0 Å². The lowest BCUT2D eigenvalue weighted by Crippen LogP contribution is -2.22. The third-order valence-electron chi connectivity index (χ3n) is 3.35. The van der Waals surface area contributed by atoms with Crippen LogP contribution in [0.2, 0.25) is 0 Å². The summed E-state index contributed by atoms with van der Waals surface area (Å²) in [7, 11) is 0. The second-order valence-corrected chi connectivity index (χ2v) is 5.82. The molecule has 0 radical (unpaired) electrons. The molecule has 1 amide bonds. The SMILES string of the molecule is N#Cc1c(NC(=O)c2cccc(F)c2)sc2c1CCNC2. The van der Waals surface area contributed by atoms with Crippen LogP contribution in [0.5, 0.6) is 0 Å². The Bertz CT molecular complexity index is 748. The molecule has 0 atom stereocenters. The van der Waals surface area contributed by atoms with Gasteiger partial charge in [-0.15, -0.1) is 11.3 Å². The van der Waals surface area contributed by atoms with E-state index in [-0.39, 0.29) is 5.56 Å². The van der Waals surface area contributed by atoms with E-state index in [0.29, 0.717) is 17.1 Å². The van der Waals surface area contributed by atoms with Gasteiger partial charge >= 0.3 is 0 Å². The van der Waals surface area contributed by atoms with E-state index >= 15 is 0 Å². The number of benzene rings is 1. The van der Waals surface area contributed by atoms with Crippen molar-refractivity contribution >= 4 is 22.2 Å². The first-order valence-electron chi connectivity index (χ1n) is 6.51. The minimum atomic E-state index is -0.460. The molecule has 6 heteroatoms. The lowest BCUT2D eigenvalue weighted by atomic mass is 10.0. The monoisotopic (exact) mass is 301 g/mol. The largest absolute Gasteiger partial charge is 0.312 e. The summed E-state index contributed by atoms with van der Waals surface area (Å²) in [4.78, 5) is 13.2. The van der Waals surface area contributed by atoms with Crippen LogP contribution in [-0.2, 0) is 13.0 Å². The number of fused-ring (bicyclic) bond motifs is 1. The van der Waals surface area contributed by atoms with Gasteiger partial charge in [0.05, 0.1) is 5.56 Å². The number of halogens is 1. The number of nitriles is 1. The molecule has 0 unspecified atom stereocenters. The maximum atomic E-state index is 13.2. The van der Waals surface area contributed by atoms with Crippen molar-refractivity contribution in [3.8, 4) is 6.07 Å². The van der Waals surface area contributed by atoms with Crippen LogP contribution >= 0.6 is 11.3 Å². The van der Waals surface area contributed by atoms with Gasteiger partial charge in [0.25, 0.3) is 5.91 Å². The lowest BCUT2D eigenvalue weighted by molar-refractivity contribution is 0.102. The quantitative estimate of drug-likeness (QED) is 0.896. The van der Waals surface area contributed by atoms with Gasteiger partial charge in [-0.25, -0.2) is 4.39 Å². The van der Waals surface area contributed by atoms with Crippen molar-refractivity contribution in [2.75, 3.05) is 11.9 Å². The van der Waals surface area contributed by atoms with E-state index in [1.54, 1.807) is 6.07 Å². The molecule has 0 saturated heterocycles. The van der Waals surface area contributed by atoms with Gasteiger partial charge in [0.1, 0.15) is 16.9 Å². The highest BCUT2D eigenvalue weighted by molar-refractivity contribution is 7.16. The topological polar surface area (TPSA) is 64.9 Å². The van der Waals surface area contributed by atoms with Gasteiger partial charge in [-0.05, 0) is 36.7 Å². The maximum Gasteiger partial charge on any atom is 0.256 e. The zero-order valence-electron chi connectivity index (χ0n) is 11.1. The molecule has 2 N–H and O–H groups in total. The Hall–Kier alpha value is -2.23. The van der Waals surface area contributed by atoms with E-state index in [9.17, 15) is 14.4 Å². The van der Waals surface area contributed by atoms with Gasteiger partial charge < -0.3 is 10.6 Å². The molecule has 2 aromatic rings. The van der Waals surface area contributed by atoms with Crippen molar-refractivity contribution in [2.24, 2.45) is 0 Å². The van der Waals surface area contributed by atoms with Gasteiger partial charge in [0, 0.05) is 17.0 Å². The fourth-order valence-electron chi connectivity index (χ4n) is 2.35. The standard InChI is InChI=1S/C15H12FN3OS/c16-10-3-1-2-9(6-10)14(20)19-15-12(7-17)11-4-5-18-8-13(11)21-15/h1-3,6,18H,4-5,8H2,(H,19,20). The summed E-state index contributed by atoms with van der Waals surface area (Å²) in [6, 6.07) is 7.65. The molecule has 0 aliphatic carbocycles. The summed E-state index contributed by atoms with van der Waals surface area (Å²) in [6.45, 7) is 1.54. The summed E-state index contributed by atoms with van der Waals surface area (Å²) in [5.74, 6) is -0.865. The van der Waals surface area contributed by atoms with Crippen molar-refractivity contribution in [3.63, 3.8) is 0 Å². The third-order valence-corrected chi connectivity index (χ3v) is 4.50. The number of rotatable bonds is 2. The van der Waals surface area contributed by atoms with Crippen LogP contribution in [-0.4, -0.2) is 12.5 Å². The van der Waals surface area contributed by atoms with Gasteiger partial charge in [-0.2, -0.15) is 5.26 Å². The Labute approximate surface area is 125 Å². The summed E-state index contributed by atoms with van der Waals surface area (Å²) >= 11 is 1.40. The molecule has 1 aromatic heterocycles. The van der Waals surface area contributed by atoms with Crippen molar-refractivity contribution < 1.29 is 9.18 Å². The molecule has 0 fully saturated rings. The van der Waals surface area contributed by atoms with Crippen LogP contribution in [0.1, 0.15) is 26.4 Å². The predicted molar refractivity (Wildman–Crippen MR) is 78.8 cm³/mol. The highest BCUT2D eigenvalue weighted by atomic mass is 32.1. The number of nitrogens with zero attached hydrogens (tertiary/aromatic N) is 1. The van der Waals surface area contributed by atoms with Gasteiger partial charge in [0.15, 0.2) is 0 Å². The molecule has 0 saturated carbocycles. The molecule has 1 aliphatic rings. The summed E-state index contributed by atoms with van der Waals surface area (Å²) in [5.41, 5.74) is 1.78. The molecule has 0 bridgehead atoms. The van der Waals surface area contributed by atoms with Crippen molar-refractivity contribution in [1.82, 2.24) is 5.32 Å². The third kappa shape index (κ3) is 2.66. The molecule has 1 aliphatic heterocycles. The molecule has 3 rings (SSSR count). The Kier molecular flexibility index (Phi) is 3.69. The number of hydrogen-bond donors (Lipinski definition) is 2. The average molecular weight is 301 g/mol. The Balaban J connectivity index is 1.90. The lowest BCUT2D eigenvalue weighted by Gasteiger charge is -2.11. The summed E-state index contributed by atoms with van der Waals surface area (Å²) in [6.07, 6.45) is 0.782. The Morgan fingerprint density at radius 3 is 3.10 bits per heavy atom. The number of anilines is 1. The zero-order valence-corrected chi connectivity index (χ0v) is 11.9. The number of thiophene rings is 1. The highest BCUT2D eigenvalue weighted by Gasteiger charge is 2.21. The minimum Gasteiger partial charge on any atom is -0.312 e. The van der Waals surface area contributed by atoms with Crippen LogP contribution in [0.4, 0.5) is 9.39 Å². The van der Waals surface area contributed by atoms with E-state index in [4.69, 9.17) is 0 Å². The van der Waals surface area contributed by atoms with Crippen LogP contribution in [0.25, 0.3) is 0 Å². The number of amides is 1. The summed E-state index contributed by atoms with van der Waals surface area (Å²) in [5, 5.41) is 15.8. The Morgan fingerprint density at radius 1 is 1.48 bits per heavy atom. The highest BCUT2D eigenvalue weighted by Crippen LogP contribution is 2.35. The average Bonchev–Trinajstić information content (AvgIpc) is 2.84. The molecule has 2 heterocycles. The first-order chi connectivity index (χ1) is 10.2. The van der Waals surface area contributed by atoms with Gasteiger partial charge in [0.2, 0.25) is 0 Å². The van der Waals surface area contributed by atoms with Crippen LogP contribution in [0.3, 0.4) is 0 Å². The second-order valence-electron chi connectivity index (χ2n) is 4.71. The smallest absolute Gasteiger partial charge is 0.256 e. The molecule has 0 spiro atoms. The van der Waals surface area contributed by atoms with Gasteiger partial charge in [-0.1, -0.05) is 6.07 Å². The van der Waals surface area contributed by atoms with Crippen LogP contribution in [0, 0.1) is 17.1 Å². The number of carbonyl (C=O) groups excluding carboxylic acids is 1. The first kappa shape index (κ1) is 13.7. The maximum absolute atomic E-state index is 13.2. The zero-order chi connectivity index (χ0) is 14.8. The van der Waals surface area contributed by atoms with E-state index < -0.39 is 11.7 Å². The normalized spacial score (nSPS) is 13.3. The van der Waals surface area contributed by atoms with E-state index in [0.717, 1.165) is 23.4 Å². The molecule has 106 valence electrons. The molecular weight excluding hydrogens is 289 g/mol. The number of hydrogen-bond acceptors (Lipinski definition) is 4. The fourth-order valence-corrected chi connectivity index (χ4v) is 3.51. The number of carbonyl (C=O) groups is 1. The fraction of sp³-hybridized carbons (Fsp3) is 0.200. The number of nitrogens with one attached hydrogen (secondary N) is 2. The van der Waals surface area contributed by atoms with Crippen molar-refractivity contribution in [2.45, 2.75) is 13.0 Å². The van der Waals surface area contributed by atoms with E-state index in [2.05, 4.69) is 16.7 Å². The van der Waals surface area contributed by atoms with Gasteiger partial charge in [-0.3, -0.25) is 4.79 Å². The molecular formula is C15H12FN3OS.